The average molecular weight is 750 g/mol. The largest absolute Gasteiger partial charge is 0.461 e. The second-order valence-corrected chi connectivity index (χ2v) is 13.9. The first-order valence-corrected chi connectivity index (χ1v) is 18.6. The topological polar surface area (TPSA) is 90.9 Å². The van der Waals surface area contributed by atoms with Gasteiger partial charge in [-0.3, -0.25) is 4.79 Å². The van der Waals surface area contributed by atoms with Gasteiger partial charge in [-0.15, -0.1) is 0 Å². The Morgan fingerprint density at radius 1 is 0.673 bits per heavy atom. The Kier molecular flexibility index (Phi) is 11.4. The lowest BCUT2D eigenvalue weighted by molar-refractivity contribution is -0.156. The highest BCUT2D eigenvalue weighted by Gasteiger charge is 2.44. The first kappa shape index (κ1) is 37.1. The van der Waals surface area contributed by atoms with Crippen molar-refractivity contribution in [2.45, 2.75) is 43.9 Å². The summed E-state index contributed by atoms with van der Waals surface area (Å²) in [6.45, 7) is 2.09. The van der Waals surface area contributed by atoms with Crippen molar-refractivity contribution in [1.82, 2.24) is 5.32 Å². The van der Waals surface area contributed by atoms with Gasteiger partial charge in [0.2, 0.25) is 0 Å². The number of amides is 1. The van der Waals surface area contributed by atoms with E-state index in [-0.39, 0.29) is 32.0 Å². The Bertz CT molecular complexity index is 2230. The van der Waals surface area contributed by atoms with Crippen molar-refractivity contribution >= 4 is 29.6 Å². The Morgan fingerprint density at radius 2 is 1.24 bits per heavy atom. The van der Waals surface area contributed by atoms with Crippen LogP contribution < -0.4 is 5.32 Å². The van der Waals surface area contributed by atoms with E-state index in [1.165, 1.54) is 0 Å². The predicted octanol–water partition coefficient (Wildman–Crippen LogP) is 9.91. The normalized spacial score (nSPS) is 13.4. The van der Waals surface area contributed by atoms with Crippen LogP contribution in [0.1, 0.15) is 57.7 Å². The number of fused-ring (bicyclic) bond motifs is 3. The molecule has 0 aliphatic heterocycles. The van der Waals surface area contributed by atoms with Gasteiger partial charge in [0, 0.05) is 34.1 Å². The van der Waals surface area contributed by atoms with Crippen LogP contribution in [-0.2, 0) is 36.0 Å². The molecule has 0 saturated heterocycles. The average Bonchev–Trinajstić information content (AvgIpc) is 3.54. The lowest BCUT2D eigenvalue weighted by atomic mass is 9.79. The molecule has 0 saturated carbocycles. The molecule has 2 atom stereocenters. The van der Waals surface area contributed by atoms with E-state index in [0.29, 0.717) is 21.7 Å². The molecule has 55 heavy (non-hydrogen) atoms. The first-order chi connectivity index (χ1) is 26.8. The molecule has 0 radical (unpaired) electrons. The van der Waals surface area contributed by atoms with Crippen molar-refractivity contribution in [2.24, 2.45) is 0 Å². The van der Waals surface area contributed by atoms with E-state index in [0.717, 1.165) is 33.4 Å². The van der Waals surface area contributed by atoms with Crippen LogP contribution in [0.2, 0.25) is 5.02 Å². The second kappa shape index (κ2) is 16.9. The molecule has 0 bridgehead atoms. The highest BCUT2D eigenvalue weighted by Crippen LogP contribution is 2.45. The van der Waals surface area contributed by atoms with Crippen molar-refractivity contribution in [2.75, 3.05) is 6.61 Å². The molecule has 0 fully saturated rings. The Balaban J connectivity index is 1.18. The Hall–Kier alpha value is -6.18. The van der Waals surface area contributed by atoms with Gasteiger partial charge in [-0.25, -0.2) is 9.59 Å². The molecule has 8 heteroatoms. The van der Waals surface area contributed by atoms with Crippen LogP contribution in [0, 0.1) is 6.92 Å². The van der Waals surface area contributed by atoms with Crippen molar-refractivity contribution in [3.05, 3.63) is 202 Å². The summed E-state index contributed by atoms with van der Waals surface area (Å²) in [6, 6.07) is 48.3. The fraction of sp³-hybridized carbons (Fsp3) is 0.170. The number of nitrogens with one attached hydrogen (secondary N) is 1. The van der Waals surface area contributed by atoms with Crippen LogP contribution in [0.5, 0.6) is 0 Å². The Morgan fingerprint density at radius 3 is 1.89 bits per heavy atom. The summed E-state index contributed by atoms with van der Waals surface area (Å²) in [6.07, 6.45) is -1.11. The minimum absolute atomic E-state index is 0.0394. The summed E-state index contributed by atoms with van der Waals surface area (Å²) in [7, 11) is 0. The highest BCUT2D eigenvalue weighted by atomic mass is 35.5. The minimum atomic E-state index is -1.53. The molecule has 1 N–H and O–H groups in total. The Labute approximate surface area is 325 Å². The molecule has 7 rings (SSSR count). The number of ether oxygens (including phenoxy) is 3. The summed E-state index contributed by atoms with van der Waals surface area (Å²) in [5, 5.41) is 3.12. The molecule has 6 aromatic rings. The van der Waals surface area contributed by atoms with Crippen LogP contribution in [0.15, 0.2) is 158 Å². The number of alkyl carbamates (subject to hydrolysis) is 1. The van der Waals surface area contributed by atoms with Crippen molar-refractivity contribution < 1.29 is 28.6 Å². The number of carbonyl (C=O) groups excluding carboxylic acids is 3. The van der Waals surface area contributed by atoms with E-state index in [9.17, 15) is 14.4 Å². The number of aryl methyl sites for hydroxylation is 1. The van der Waals surface area contributed by atoms with E-state index in [4.69, 9.17) is 25.8 Å². The molecular formula is C47H40ClNO6. The molecule has 1 amide bonds. The molecule has 7 nitrogen and oxygen atoms in total. The summed E-state index contributed by atoms with van der Waals surface area (Å²) in [5.74, 6) is -1.51. The zero-order valence-corrected chi connectivity index (χ0v) is 31.1. The number of halogens is 1. The van der Waals surface area contributed by atoms with E-state index >= 15 is 0 Å². The van der Waals surface area contributed by atoms with Gasteiger partial charge in [0.1, 0.15) is 19.3 Å². The van der Waals surface area contributed by atoms with Gasteiger partial charge >= 0.3 is 18.0 Å². The smallest absolute Gasteiger partial charge is 0.407 e. The van der Waals surface area contributed by atoms with E-state index in [1.54, 1.807) is 12.1 Å². The van der Waals surface area contributed by atoms with E-state index in [1.807, 2.05) is 140 Å². The van der Waals surface area contributed by atoms with Crippen LogP contribution in [0.25, 0.3) is 11.1 Å². The maximum Gasteiger partial charge on any atom is 0.407 e. The maximum absolute atomic E-state index is 14.7. The number of hydrogen-bond acceptors (Lipinski definition) is 6. The summed E-state index contributed by atoms with van der Waals surface area (Å²) in [5.41, 5.74) is 6.43. The lowest BCUT2D eigenvalue weighted by Gasteiger charge is -2.37. The molecule has 0 spiro atoms. The van der Waals surface area contributed by atoms with E-state index < -0.39 is 29.7 Å². The second-order valence-electron chi connectivity index (χ2n) is 13.5. The first-order valence-electron chi connectivity index (χ1n) is 18.2. The van der Waals surface area contributed by atoms with Crippen LogP contribution in [0.4, 0.5) is 4.79 Å². The quantitative estimate of drug-likeness (QED) is 0.0718. The monoisotopic (exact) mass is 749 g/mol. The number of benzene rings is 6. The van der Waals surface area contributed by atoms with Gasteiger partial charge in [0.05, 0.1) is 0 Å². The van der Waals surface area contributed by atoms with Gasteiger partial charge < -0.3 is 19.5 Å². The SMILES string of the molecule is Cc1ccc(C(OC(=O)[C@H](CCC(=O)OCc2ccccc2)NC(=O)OCC2c3ccccc3-c3ccccc32)(c2ccccc2)c2ccccc2Cl)cc1. The van der Waals surface area contributed by atoms with Crippen molar-refractivity contribution in [3.63, 3.8) is 0 Å². The van der Waals surface area contributed by atoms with Gasteiger partial charge in [-0.2, -0.15) is 0 Å². The van der Waals surface area contributed by atoms with Gasteiger partial charge in [-0.05, 0) is 47.2 Å². The molecular weight excluding hydrogens is 710 g/mol. The minimum Gasteiger partial charge on any atom is -0.461 e. The molecule has 1 aliphatic rings. The molecule has 0 heterocycles. The van der Waals surface area contributed by atoms with Crippen LogP contribution >= 0.6 is 11.6 Å². The third-order valence-electron chi connectivity index (χ3n) is 9.95. The maximum atomic E-state index is 14.7. The van der Waals surface area contributed by atoms with E-state index in [2.05, 4.69) is 17.4 Å². The predicted molar refractivity (Wildman–Crippen MR) is 213 cm³/mol. The van der Waals surface area contributed by atoms with Crippen molar-refractivity contribution in [3.8, 4) is 11.1 Å². The molecule has 276 valence electrons. The van der Waals surface area contributed by atoms with Crippen LogP contribution in [-0.4, -0.2) is 30.7 Å². The van der Waals surface area contributed by atoms with Gasteiger partial charge in [0.15, 0.2) is 5.60 Å². The highest BCUT2D eigenvalue weighted by molar-refractivity contribution is 6.31. The molecule has 6 aromatic carbocycles. The molecule has 0 aromatic heterocycles. The summed E-state index contributed by atoms with van der Waals surface area (Å²) in [4.78, 5) is 41.4. The van der Waals surface area contributed by atoms with Crippen LogP contribution in [0.3, 0.4) is 0 Å². The molecule has 1 unspecified atom stereocenters. The zero-order valence-electron chi connectivity index (χ0n) is 30.3. The van der Waals surface area contributed by atoms with Gasteiger partial charge in [-0.1, -0.05) is 169 Å². The zero-order chi connectivity index (χ0) is 38.2. The fourth-order valence-corrected chi connectivity index (χ4v) is 7.45. The lowest BCUT2D eigenvalue weighted by Crippen LogP contribution is -2.46. The number of carbonyl (C=O) groups is 3. The third-order valence-corrected chi connectivity index (χ3v) is 10.3. The van der Waals surface area contributed by atoms with Gasteiger partial charge in [0.25, 0.3) is 0 Å². The third kappa shape index (κ3) is 8.17. The number of rotatable bonds is 13. The molecule has 1 aliphatic carbocycles. The summed E-state index contributed by atoms with van der Waals surface area (Å²) >= 11 is 6.91. The fourth-order valence-electron chi connectivity index (χ4n) is 7.18. The standard InChI is InChI=1S/C47H40ClNO6/c1-32-24-26-35(27-25-32)47(34-16-6-3-7-17-34,41-22-12-13-23-42(41)48)55-45(51)43(28-29-44(50)53-30-33-14-4-2-5-15-33)49-46(52)54-31-40-38-20-10-8-18-36(38)37-19-9-11-21-39(37)40/h2-27,40,43H,28-31H2,1H3,(H,49,52)/t43-,47?/m0/s1. The van der Waals surface area contributed by atoms with Crippen molar-refractivity contribution in [1.29, 1.82) is 0 Å². The number of hydrogen-bond donors (Lipinski definition) is 1. The summed E-state index contributed by atoms with van der Waals surface area (Å²) < 4.78 is 18.0. The number of esters is 2.